The molecule has 4 rings (SSSR count). The van der Waals surface area contributed by atoms with Gasteiger partial charge in [-0.2, -0.15) is 0 Å². The number of benzene rings is 2. The second-order valence-electron chi connectivity index (χ2n) is 7.45. The van der Waals surface area contributed by atoms with Gasteiger partial charge in [0.1, 0.15) is 12.3 Å². The topological polar surface area (TPSA) is 83.7 Å². The molecule has 7 nitrogen and oxygen atoms in total. The van der Waals surface area contributed by atoms with Crippen molar-refractivity contribution >= 4 is 5.91 Å². The molecular weight excluding hydrogens is 356 g/mol. The molecule has 2 heterocycles. The molecule has 2 atom stereocenters. The lowest BCUT2D eigenvalue weighted by Gasteiger charge is -2.32. The van der Waals surface area contributed by atoms with Gasteiger partial charge in [-0.15, -0.1) is 0 Å². The van der Waals surface area contributed by atoms with E-state index in [1.54, 1.807) is 0 Å². The van der Waals surface area contributed by atoms with E-state index in [-0.39, 0.29) is 25.0 Å². The number of hydrogen-bond donors (Lipinski definition) is 4. The zero-order valence-corrected chi connectivity index (χ0v) is 16.1. The molecule has 2 aromatic carbocycles. The third-order valence-corrected chi connectivity index (χ3v) is 5.04. The summed E-state index contributed by atoms with van der Waals surface area (Å²) in [6.45, 7) is 5.19. The van der Waals surface area contributed by atoms with Gasteiger partial charge in [0.2, 0.25) is 12.7 Å². The zero-order chi connectivity index (χ0) is 19.5. The van der Waals surface area contributed by atoms with Crippen LogP contribution < -0.4 is 31.0 Å². The number of nitrogens with one attached hydrogen (secondary N) is 4. The Kier molecular flexibility index (Phi) is 5.47. The highest BCUT2D eigenvalue weighted by Gasteiger charge is 2.27. The molecule has 148 valence electrons. The van der Waals surface area contributed by atoms with Gasteiger partial charge in [-0.3, -0.25) is 10.1 Å². The van der Waals surface area contributed by atoms with Gasteiger partial charge in [-0.1, -0.05) is 44.2 Å². The lowest BCUT2D eigenvalue weighted by atomic mass is 9.99. The van der Waals surface area contributed by atoms with Crippen LogP contribution in [-0.2, 0) is 17.8 Å². The molecule has 1 amide bonds. The first-order valence-corrected chi connectivity index (χ1v) is 9.60. The number of carbonyl (C=O) groups excluding carboxylic acids is 1. The van der Waals surface area contributed by atoms with Gasteiger partial charge in [0, 0.05) is 6.54 Å². The summed E-state index contributed by atoms with van der Waals surface area (Å²) in [4.78, 5) is 12.5. The van der Waals surface area contributed by atoms with Gasteiger partial charge in [0.05, 0.1) is 0 Å². The molecule has 2 aromatic rings. The molecule has 2 unspecified atom stereocenters. The molecular formula is C21H26N4O3. The van der Waals surface area contributed by atoms with Crippen molar-refractivity contribution in [3.8, 4) is 11.5 Å². The number of fused-ring (bicyclic) bond motifs is 1. The Morgan fingerprint density at radius 2 is 1.79 bits per heavy atom. The van der Waals surface area contributed by atoms with Crippen LogP contribution in [0.1, 0.15) is 36.5 Å². The third-order valence-electron chi connectivity index (χ3n) is 5.04. The average molecular weight is 382 g/mol. The molecule has 1 saturated heterocycles. The quantitative estimate of drug-likeness (QED) is 0.609. The summed E-state index contributed by atoms with van der Waals surface area (Å²) >= 11 is 0. The number of rotatable bonds is 6. The third kappa shape index (κ3) is 4.27. The minimum atomic E-state index is -0.350. The van der Waals surface area contributed by atoms with Crippen LogP contribution >= 0.6 is 0 Å². The Hall–Kier alpha value is -2.61. The molecule has 0 saturated carbocycles. The smallest absolute Gasteiger partial charge is 0.241 e. The van der Waals surface area contributed by atoms with E-state index in [1.165, 1.54) is 5.56 Å². The maximum absolute atomic E-state index is 12.5. The van der Waals surface area contributed by atoms with E-state index in [0.717, 1.165) is 22.6 Å². The minimum absolute atomic E-state index is 0.0325. The predicted molar refractivity (Wildman–Crippen MR) is 106 cm³/mol. The van der Waals surface area contributed by atoms with Crippen molar-refractivity contribution in [2.24, 2.45) is 0 Å². The molecule has 0 bridgehead atoms. The van der Waals surface area contributed by atoms with Crippen LogP contribution in [0.4, 0.5) is 0 Å². The second kappa shape index (κ2) is 8.18. The highest BCUT2D eigenvalue weighted by Crippen LogP contribution is 2.32. The van der Waals surface area contributed by atoms with Crippen LogP contribution in [0.25, 0.3) is 0 Å². The van der Waals surface area contributed by atoms with E-state index in [2.05, 4.69) is 59.6 Å². The lowest BCUT2D eigenvalue weighted by molar-refractivity contribution is -0.127. The van der Waals surface area contributed by atoms with Gasteiger partial charge < -0.3 is 14.8 Å². The fourth-order valence-corrected chi connectivity index (χ4v) is 3.32. The first kappa shape index (κ1) is 18.7. The van der Waals surface area contributed by atoms with Gasteiger partial charge in [0.25, 0.3) is 0 Å². The van der Waals surface area contributed by atoms with E-state index >= 15 is 0 Å². The molecule has 28 heavy (non-hydrogen) atoms. The Labute approximate surface area is 164 Å². The summed E-state index contributed by atoms with van der Waals surface area (Å²) in [7, 11) is 0. The van der Waals surface area contributed by atoms with E-state index in [9.17, 15) is 4.79 Å². The van der Waals surface area contributed by atoms with Crippen molar-refractivity contribution in [1.29, 1.82) is 0 Å². The van der Waals surface area contributed by atoms with Crippen LogP contribution in [0.3, 0.4) is 0 Å². The molecule has 0 aromatic heterocycles. The van der Waals surface area contributed by atoms with Crippen molar-refractivity contribution in [3.05, 3.63) is 59.2 Å². The number of ether oxygens (including phenoxy) is 2. The Morgan fingerprint density at radius 3 is 2.54 bits per heavy atom. The highest BCUT2D eigenvalue weighted by atomic mass is 16.7. The Bertz CT molecular complexity index is 838. The van der Waals surface area contributed by atoms with Crippen LogP contribution in [0.2, 0.25) is 0 Å². The molecule has 0 aliphatic carbocycles. The Balaban J connectivity index is 1.27. The summed E-state index contributed by atoms with van der Waals surface area (Å²) in [5.41, 5.74) is 9.72. The number of hydrogen-bond acceptors (Lipinski definition) is 6. The number of carbonyl (C=O) groups is 1. The molecule has 2 aliphatic heterocycles. The van der Waals surface area contributed by atoms with Gasteiger partial charge >= 0.3 is 0 Å². The Morgan fingerprint density at radius 1 is 1.04 bits per heavy atom. The first-order valence-electron chi connectivity index (χ1n) is 9.60. The molecule has 1 fully saturated rings. The van der Waals surface area contributed by atoms with E-state index < -0.39 is 0 Å². The van der Waals surface area contributed by atoms with Crippen LogP contribution in [-0.4, -0.2) is 25.0 Å². The number of amides is 1. The summed E-state index contributed by atoms with van der Waals surface area (Å²) < 4.78 is 10.7. The molecule has 2 aliphatic rings. The summed E-state index contributed by atoms with van der Waals surface area (Å²) in [5, 5.41) is 6.22. The normalized spacial score (nSPS) is 21.0. The average Bonchev–Trinajstić information content (AvgIpc) is 3.16. The van der Waals surface area contributed by atoms with Crippen LogP contribution in [0.15, 0.2) is 42.5 Å². The van der Waals surface area contributed by atoms with E-state index in [4.69, 9.17) is 9.47 Å². The van der Waals surface area contributed by atoms with Crippen molar-refractivity contribution < 1.29 is 14.3 Å². The fraction of sp³-hybridized carbons (Fsp3) is 0.381. The lowest BCUT2D eigenvalue weighted by Crippen LogP contribution is -2.69. The highest BCUT2D eigenvalue weighted by molar-refractivity contribution is 5.82. The van der Waals surface area contributed by atoms with Crippen LogP contribution in [0, 0.1) is 0 Å². The largest absolute Gasteiger partial charge is 0.454 e. The molecule has 4 N–H and O–H groups in total. The summed E-state index contributed by atoms with van der Waals surface area (Å²) in [6.07, 6.45) is 0.281. The van der Waals surface area contributed by atoms with Crippen molar-refractivity contribution in [3.63, 3.8) is 0 Å². The monoisotopic (exact) mass is 382 g/mol. The van der Waals surface area contributed by atoms with Crippen LogP contribution in [0.5, 0.6) is 11.5 Å². The maximum Gasteiger partial charge on any atom is 0.241 e. The first-order chi connectivity index (χ1) is 13.6. The predicted octanol–water partition coefficient (Wildman–Crippen LogP) is 1.75. The SMILES string of the molecule is CC(C)c1ccc(CC2NNC(NCc3ccc4c(c3)OCO4)NC2=O)cc1. The van der Waals surface area contributed by atoms with E-state index in [0.29, 0.717) is 18.9 Å². The second-order valence-corrected chi connectivity index (χ2v) is 7.45. The summed E-state index contributed by atoms with van der Waals surface area (Å²) in [5.74, 6) is 1.98. The standard InChI is InChI=1S/C21H26N4O3/c1-13(2)16-6-3-14(4-7-16)9-17-20(26)23-21(25-24-17)22-11-15-5-8-18-19(10-15)28-12-27-18/h3-8,10,13,17,21-22,24-25H,9,11-12H2,1-2H3,(H,23,26). The number of hydrazine groups is 1. The van der Waals surface area contributed by atoms with E-state index in [1.807, 2.05) is 18.2 Å². The van der Waals surface area contributed by atoms with Crippen molar-refractivity contribution in [2.75, 3.05) is 6.79 Å². The fourth-order valence-electron chi connectivity index (χ4n) is 3.32. The molecule has 7 heteroatoms. The zero-order valence-electron chi connectivity index (χ0n) is 16.1. The summed E-state index contributed by atoms with van der Waals surface area (Å²) in [6, 6.07) is 13.9. The van der Waals surface area contributed by atoms with Gasteiger partial charge in [0.15, 0.2) is 11.5 Å². The minimum Gasteiger partial charge on any atom is -0.454 e. The molecule has 0 spiro atoms. The van der Waals surface area contributed by atoms with Gasteiger partial charge in [-0.25, -0.2) is 10.9 Å². The van der Waals surface area contributed by atoms with Crippen molar-refractivity contribution in [1.82, 2.24) is 21.5 Å². The maximum atomic E-state index is 12.5. The van der Waals surface area contributed by atoms with Gasteiger partial charge in [-0.05, 0) is 41.2 Å². The molecule has 0 radical (unpaired) electrons. The van der Waals surface area contributed by atoms with Crippen molar-refractivity contribution in [2.45, 2.75) is 45.1 Å².